The molecule has 0 aromatic carbocycles. The summed E-state index contributed by atoms with van der Waals surface area (Å²) in [4.78, 5) is 0. The second-order valence-corrected chi connectivity index (χ2v) is 5.93. The molecule has 2 unspecified atom stereocenters. The summed E-state index contributed by atoms with van der Waals surface area (Å²) >= 11 is 0. The van der Waals surface area contributed by atoms with E-state index in [1.54, 1.807) is 0 Å². The second kappa shape index (κ2) is 9.80. The van der Waals surface area contributed by atoms with Crippen molar-refractivity contribution in [2.24, 2.45) is 5.92 Å². The van der Waals surface area contributed by atoms with Crippen LogP contribution in [0.1, 0.15) is 71.6 Å². The molecule has 2 atom stereocenters. The topological polar surface area (TPSA) is 21.3 Å². The lowest BCUT2D eigenvalue weighted by Crippen LogP contribution is -2.37. The Kier molecular flexibility index (Phi) is 8.70. The molecule has 0 bridgehead atoms. The van der Waals surface area contributed by atoms with Gasteiger partial charge >= 0.3 is 0 Å². The first-order chi connectivity index (χ1) is 8.77. The fraction of sp³-hybridized carbons (Fsp3) is 1.00. The predicted octanol–water partition coefficient (Wildman–Crippen LogP) is 4.14. The molecule has 108 valence electrons. The highest BCUT2D eigenvalue weighted by Gasteiger charge is 2.24. The normalized spacial score (nSPS) is 20.2. The van der Waals surface area contributed by atoms with Gasteiger partial charge in [-0.15, -0.1) is 0 Å². The van der Waals surface area contributed by atoms with Gasteiger partial charge in [0.25, 0.3) is 0 Å². The molecule has 2 heteroatoms. The van der Waals surface area contributed by atoms with Crippen LogP contribution in [0.4, 0.5) is 0 Å². The Labute approximate surface area is 114 Å². The average Bonchev–Trinajstić information content (AvgIpc) is 2.89. The summed E-state index contributed by atoms with van der Waals surface area (Å²) in [5, 5.41) is 3.45. The molecule has 1 N–H and O–H groups in total. The van der Waals surface area contributed by atoms with Gasteiger partial charge in [-0.3, -0.25) is 0 Å². The lowest BCUT2D eigenvalue weighted by molar-refractivity contribution is 0.0338. The number of ether oxygens (including phenoxy) is 1. The van der Waals surface area contributed by atoms with E-state index in [4.69, 9.17) is 4.74 Å². The molecule has 0 spiro atoms. The van der Waals surface area contributed by atoms with Crippen molar-refractivity contribution in [3.05, 3.63) is 0 Å². The van der Waals surface area contributed by atoms with Crippen LogP contribution in [-0.2, 0) is 4.74 Å². The van der Waals surface area contributed by atoms with Gasteiger partial charge in [-0.2, -0.15) is 0 Å². The van der Waals surface area contributed by atoms with E-state index in [1.165, 1.54) is 57.8 Å². The van der Waals surface area contributed by atoms with Gasteiger partial charge in [0, 0.05) is 6.04 Å². The first-order valence-corrected chi connectivity index (χ1v) is 8.06. The van der Waals surface area contributed by atoms with Crippen LogP contribution < -0.4 is 5.32 Å². The third-order valence-corrected chi connectivity index (χ3v) is 4.36. The molecule has 0 aromatic heterocycles. The Morgan fingerprint density at radius 3 is 2.50 bits per heavy atom. The van der Waals surface area contributed by atoms with Crippen molar-refractivity contribution in [2.45, 2.75) is 83.8 Å². The Bertz CT molecular complexity index is 190. The molecular weight excluding hydrogens is 222 g/mol. The van der Waals surface area contributed by atoms with Crippen LogP contribution in [0, 0.1) is 5.92 Å². The van der Waals surface area contributed by atoms with Gasteiger partial charge in [0.1, 0.15) is 0 Å². The van der Waals surface area contributed by atoms with Crippen LogP contribution in [0.2, 0.25) is 0 Å². The van der Waals surface area contributed by atoms with E-state index in [9.17, 15) is 0 Å². The van der Waals surface area contributed by atoms with Crippen molar-refractivity contribution in [3.63, 3.8) is 0 Å². The van der Waals surface area contributed by atoms with Gasteiger partial charge in [0.2, 0.25) is 0 Å². The first kappa shape index (κ1) is 16.0. The zero-order chi connectivity index (χ0) is 13.2. The lowest BCUT2D eigenvalue weighted by atomic mass is 9.99. The monoisotopic (exact) mass is 255 g/mol. The number of hydrogen-bond acceptors (Lipinski definition) is 2. The Hall–Kier alpha value is -0.0800. The summed E-state index contributed by atoms with van der Waals surface area (Å²) in [5.74, 6) is 0.849. The van der Waals surface area contributed by atoms with Gasteiger partial charge in [0.05, 0.1) is 12.7 Å². The summed E-state index contributed by atoms with van der Waals surface area (Å²) < 4.78 is 6.03. The van der Waals surface area contributed by atoms with E-state index in [2.05, 4.69) is 26.2 Å². The molecule has 0 aliphatic heterocycles. The third kappa shape index (κ3) is 6.19. The molecule has 1 fully saturated rings. The van der Waals surface area contributed by atoms with Crippen LogP contribution in [0.25, 0.3) is 0 Å². The predicted molar refractivity (Wildman–Crippen MR) is 79.0 cm³/mol. The average molecular weight is 255 g/mol. The summed E-state index contributed by atoms with van der Waals surface area (Å²) in [6.45, 7) is 5.39. The molecule has 2 nitrogen and oxygen atoms in total. The van der Waals surface area contributed by atoms with Crippen molar-refractivity contribution < 1.29 is 4.74 Å². The highest BCUT2D eigenvalue weighted by Crippen LogP contribution is 2.28. The van der Waals surface area contributed by atoms with Crippen LogP contribution in [0.3, 0.4) is 0 Å². The number of hydrogen-bond donors (Lipinski definition) is 1. The minimum absolute atomic E-state index is 0.430. The van der Waals surface area contributed by atoms with Crippen LogP contribution in [0.15, 0.2) is 0 Å². The van der Waals surface area contributed by atoms with Crippen molar-refractivity contribution >= 4 is 0 Å². The fourth-order valence-corrected chi connectivity index (χ4v) is 3.02. The van der Waals surface area contributed by atoms with Crippen molar-refractivity contribution in [2.75, 3.05) is 13.7 Å². The van der Waals surface area contributed by atoms with E-state index in [-0.39, 0.29) is 0 Å². The minimum atomic E-state index is 0.430. The molecule has 1 saturated carbocycles. The van der Waals surface area contributed by atoms with Gasteiger partial charge in [-0.1, -0.05) is 45.4 Å². The van der Waals surface area contributed by atoms with E-state index in [0.717, 1.165) is 12.5 Å². The summed E-state index contributed by atoms with van der Waals surface area (Å²) in [6.07, 6.45) is 12.6. The van der Waals surface area contributed by atoms with Crippen molar-refractivity contribution in [1.29, 1.82) is 0 Å². The molecule has 1 aliphatic carbocycles. The van der Waals surface area contributed by atoms with Crippen LogP contribution in [-0.4, -0.2) is 25.8 Å². The summed E-state index contributed by atoms with van der Waals surface area (Å²) in [6, 6.07) is 0.575. The fourth-order valence-electron chi connectivity index (χ4n) is 3.02. The standard InChI is InChI=1S/C16H33NO/c1-4-5-6-7-10-14(2)18-13-16(17-3)15-11-8-9-12-15/h14-17H,4-13H2,1-3H3. The zero-order valence-electron chi connectivity index (χ0n) is 12.7. The number of rotatable bonds is 10. The summed E-state index contributed by atoms with van der Waals surface area (Å²) in [5.41, 5.74) is 0. The van der Waals surface area contributed by atoms with Gasteiger partial charge < -0.3 is 10.1 Å². The maximum Gasteiger partial charge on any atom is 0.0625 e. The first-order valence-electron chi connectivity index (χ1n) is 8.06. The lowest BCUT2D eigenvalue weighted by Gasteiger charge is -2.24. The van der Waals surface area contributed by atoms with Crippen LogP contribution in [0.5, 0.6) is 0 Å². The highest BCUT2D eigenvalue weighted by atomic mass is 16.5. The molecule has 1 aliphatic rings. The number of unbranched alkanes of at least 4 members (excludes halogenated alkanes) is 3. The van der Waals surface area contributed by atoms with Crippen molar-refractivity contribution in [1.82, 2.24) is 5.32 Å². The SMILES string of the molecule is CCCCCCC(C)OCC(NC)C1CCCC1. The molecule has 0 heterocycles. The van der Waals surface area contributed by atoms with Crippen LogP contribution >= 0.6 is 0 Å². The van der Waals surface area contributed by atoms with Gasteiger partial charge in [0.15, 0.2) is 0 Å². The summed E-state index contributed by atoms with van der Waals surface area (Å²) in [7, 11) is 2.08. The second-order valence-electron chi connectivity index (χ2n) is 5.93. The molecule has 0 radical (unpaired) electrons. The van der Waals surface area contributed by atoms with E-state index < -0.39 is 0 Å². The molecule has 0 saturated heterocycles. The Morgan fingerprint density at radius 2 is 1.89 bits per heavy atom. The maximum absolute atomic E-state index is 6.03. The molecule has 1 rings (SSSR count). The zero-order valence-corrected chi connectivity index (χ0v) is 12.7. The highest BCUT2D eigenvalue weighted by molar-refractivity contribution is 4.79. The molecule has 0 amide bonds. The third-order valence-electron chi connectivity index (χ3n) is 4.36. The Morgan fingerprint density at radius 1 is 1.17 bits per heavy atom. The number of nitrogens with one attached hydrogen (secondary N) is 1. The van der Waals surface area contributed by atoms with E-state index in [0.29, 0.717) is 12.1 Å². The smallest absolute Gasteiger partial charge is 0.0625 e. The quantitative estimate of drug-likeness (QED) is 0.592. The molecule has 18 heavy (non-hydrogen) atoms. The number of likely N-dealkylation sites (N-methyl/N-ethyl adjacent to an activating group) is 1. The van der Waals surface area contributed by atoms with Gasteiger partial charge in [-0.25, -0.2) is 0 Å². The Balaban J connectivity index is 2.09. The van der Waals surface area contributed by atoms with E-state index >= 15 is 0 Å². The van der Waals surface area contributed by atoms with E-state index in [1.807, 2.05) is 0 Å². The minimum Gasteiger partial charge on any atom is -0.377 e. The maximum atomic E-state index is 6.03. The molecular formula is C16H33NO. The van der Waals surface area contributed by atoms with Crippen molar-refractivity contribution in [3.8, 4) is 0 Å². The largest absolute Gasteiger partial charge is 0.377 e. The molecule has 0 aromatic rings. The van der Waals surface area contributed by atoms with Gasteiger partial charge in [-0.05, 0) is 39.2 Å².